The lowest BCUT2D eigenvalue weighted by molar-refractivity contribution is 0.0237. The highest BCUT2D eigenvalue weighted by Crippen LogP contribution is 2.56. The van der Waals surface area contributed by atoms with Crippen molar-refractivity contribution >= 4 is 0 Å². The second kappa shape index (κ2) is 5.35. The Morgan fingerprint density at radius 1 is 1.15 bits per heavy atom. The van der Waals surface area contributed by atoms with Crippen molar-refractivity contribution in [2.24, 2.45) is 23.2 Å². The standard InChI is InChI=1S/C20H32/c1-5-6-19-18-10-8-15-13-14(2)7-9-16(15)17(18)11-12-20(19,3)4/h13,17-19H,5-12H2,1-4H3. The summed E-state index contributed by atoms with van der Waals surface area (Å²) in [5.41, 5.74) is 5.81. The Morgan fingerprint density at radius 2 is 1.95 bits per heavy atom. The molecule has 3 aliphatic carbocycles. The van der Waals surface area contributed by atoms with Gasteiger partial charge < -0.3 is 0 Å². The van der Waals surface area contributed by atoms with E-state index in [-0.39, 0.29) is 0 Å². The molecule has 3 atom stereocenters. The van der Waals surface area contributed by atoms with Crippen LogP contribution in [0.15, 0.2) is 22.8 Å². The Bertz CT molecular complexity index is 435. The van der Waals surface area contributed by atoms with Crippen LogP contribution in [0.3, 0.4) is 0 Å². The lowest BCUT2D eigenvalue weighted by atomic mass is 9.53. The quantitative estimate of drug-likeness (QED) is 0.554. The molecule has 0 aromatic carbocycles. The van der Waals surface area contributed by atoms with E-state index in [1.54, 1.807) is 11.1 Å². The molecule has 0 nitrogen and oxygen atoms in total. The molecule has 0 radical (unpaired) electrons. The highest BCUT2D eigenvalue weighted by Gasteiger charge is 2.45. The minimum absolute atomic E-state index is 0.579. The molecule has 0 aromatic heterocycles. The number of rotatable bonds is 2. The van der Waals surface area contributed by atoms with Gasteiger partial charge in [0.05, 0.1) is 0 Å². The van der Waals surface area contributed by atoms with Crippen molar-refractivity contribution in [3.8, 4) is 0 Å². The highest BCUT2D eigenvalue weighted by molar-refractivity contribution is 5.37. The van der Waals surface area contributed by atoms with Gasteiger partial charge in [-0.3, -0.25) is 0 Å². The average molecular weight is 272 g/mol. The Labute approximate surface area is 125 Å². The molecule has 0 amide bonds. The smallest absolute Gasteiger partial charge is 0.0166 e. The van der Waals surface area contributed by atoms with E-state index in [1.807, 2.05) is 5.57 Å². The number of hydrogen-bond acceptors (Lipinski definition) is 0. The van der Waals surface area contributed by atoms with Crippen molar-refractivity contribution in [3.63, 3.8) is 0 Å². The van der Waals surface area contributed by atoms with E-state index in [1.165, 1.54) is 51.4 Å². The molecule has 0 heterocycles. The number of hydrogen-bond donors (Lipinski definition) is 0. The fraction of sp³-hybridized carbons (Fsp3) is 0.800. The van der Waals surface area contributed by atoms with Gasteiger partial charge in [-0.15, -0.1) is 0 Å². The monoisotopic (exact) mass is 272 g/mol. The molecule has 3 aliphatic rings. The Kier molecular flexibility index (Phi) is 3.86. The molecule has 0 saturated heterocycles. The lowest BCUT2D eigenvalue weighted by Gasteiger charge is -2.52. The maximum absolute atomic E-state index is 2.54. The molecule has 1 saturated carbocycles. The van der Waals surface area contributed by atoms with Crippen molar-refractivity contribution in [3.05, 3.63) is 22.8 Å². The molecule has 0 bridgehead atoms. The third kappa shape index (κ3) is 2.40. The van der Waals surface area contributed by atoms with Crippen LogP contribution in [0.5, 0.6) is 0 Å². The van der Waals surface area contributed by atoms with Crippen LogP contribution < -0.4 is 0 Å². The first-order valence-electron chi connectivity index (χ1n) is 8.92. The van der Waals surface area contributed by atoms with Gasteiger partial charge in [0, 0.05) is 0 Å². The van der Waals surface area contributed by atoms with Gasteiger partial charge in [-0.25, -0.2) is 0 Å². The van der Waals surface area contributed by atoms with Crippen molar-refractivity contribution in [1.29, 1.82) is 0 Å². The molecule has 1 fully saturated rings. The van der Waals surface area contributed by atoms with Crippen molar-refractivity contribution in [2.45, 2.75) is 79.1 Å². The maximum Gasteiger partial charge on any atom is -0.0166 e. The predicted octanol–water partition coefficient (Wildman–Crippen LogP) is 6.29. The fourth-order valence-corrected chi connectivity index (χ4v) is 5.47. The van der Waals surface area contributed by atoms with E-state index >= 15 is 0 Å². The Morgan fingerprint density at radius 3 is 2.70 bits per heavy atom. The highest BCUT2D eigenvalue weighted by atomic mass is 14.5. The first-order chi connectivity index (χ1) is 9.53. The molecule has 20 heavy (non-hydrogen) atoms. The zero-order valence-electron chi connectivity index (χ0n) is 14.0. The maximum atomic E-state index is 2.54. The van der Waals surface area contributed by atoms with E-state index in [0.717, 1.165) is 17.8 Å². The fourth-order valence-electron chi connectivity index (χ4n) is 5.47. The van der Waals surface area contributed by atoms with E-state index in [4.69, 9.17) is 0 Å². The van der Waals surface area contributed by atoms with Crippen molar-refractivity contribution in [2.75, 3.05) is 0 Å². The summed E-state index contributed by atoms with van der Waals surface area (Å²) in [7, 11) is 0. The molecule has 0 heteroatoms. The minimum atomic E-state index is 0.579. The van der Waals surface area contributed by atoms with Gasteiger partial charge in [0.2, 0.25) is 0 Å². The summed E-state index contributed by atoms with van der Waals surface area (Å²) in [6, 6.07) is 0. The van der Waals surface area contributed by atoms with E-state index in [0.29, 0.717) is 5.41 Å². The second-order valence-electron chi connectivity index (χ2n) is 8.27. The van der Waals surface area contributed by atoms with E-state index in [9.17, 15) is 0 Å². The zero-order valence-corrected chi connectivity index (χ0v) is 14.0. The summed E-state index contributed by atoms with van der Waals surface area (Å²) in [4.78, 5) is 0. The second-order valence-corrected chi connectivity index (χ2v) is 8.27. The molecule has 112 valence electrons. The summed E-state index contributed by atoms with van der Waals surface area (Å²) in [5.74, 6) is 2.89. The van der Waals surface area contributed by atoms with E-state index in [2.05, 4.69) is 33.8 Å². The zero-order chi connectivity index (χ0) is 14.3. The normalized spacial score (nSPS) is 36.2. The van der Waals surface area contributed by atoms with Gasteiger partial charge >= 0.3 is 0 Å². The minimum Gasteiger partial charge on any atom is -0.0727 e. The molecule has 3 rings (SSSR count). The summed E-state index contributed by atoms with van der Waals surface area (Å²) >= 11 is 0. The van der Waals surface area contributed by atoms with Gasteiger partial charge in [-0.1, -0.05) is 44.4 Å². The van der Waals surface area contributed by atoms with E-state index < -0.39 is 0 Å². The van der Waals surface area contributed by atoms with Crippen LogP contribution in [-0.4, -0.2) is 0 Å². The average Bonchev–Trinajstić information content (AvgIpc) is 2.41. The van der Waals surface area contributed by atoms with Crippen molar-refractivity contribution in [1.82, 2.24) is 0 Å². The topological polar surface area (TPSA) is 0 Å². The first kappa shape index (κ1) is 14.4. The van der Waals surface area contributed by atoms with Crippen LogP contribution in [0, 0.1) is 23.2 Å². The van der Waals surface area contributed by atoms with Gasteiger partial charge in [-0.2, -0.15) is 0 Å². The predicted molar refractivity (Wildman–Crippen MR) is 87.6 cm³/mol. The molecule has 0 spiro atoms. The SMILES string of the molecule is CCCC1C2CCC3=C(CCC(C)=C3)C2CCC1(C)C. The van der Waals surface area contributed by atoms with Crippen molar-refractivity contribution < 1.29 is 0 Å². The van der Waals surface area contributed by atoms with Gasteiger partial charge in [0.25, 0.3) is 0 Å². The third-order valence-corrected chi connectivity index (χ3v) is 6.55. The van der Waals surface area contributed by atoms with Crippen LogP contribution in [0.4, 0.5) is 0 Å². The number of allylic oxidation sites excluding steroid dienone is 4. The molecule has 0 aliphatic heterocycles. The largest absolute Gasteiger partial charge is 0.0727 e. The first-order valence-corrected chi connectivity index (χ1v) is 8.92. The molecular weight excluding hydrogens is 240 g/mol. The summed E-state index contributed by atoms with van der Waals surface area (Å²) < 4.78 is 0. The Balaban J connectivity index is 1.89. The molecule has 0 N–H and O–H groups in total. The van der Waals surface area contributed by atoms with Crippen LogP contribution >= 0.6 is 0 Å². The van der Waals surface area contributed by atoms with Crippen LogP contribution in [0.1, 0.15) is 79.1 Å². The van der Waals surface area contributed by atoms with Gasteiger partial charge in [0.15, 0.2) is 0 Å². The Hall–Kier alpha value is -0.520. The summed E-state index contributed by atoms with van der Waals surface area (Å²) in [6.07, 6.45) is 13.8. The molecule has 3 unspecified atom stereocenters. The van der Waals surface area contributed by atoms with Crippen LogP contribution in [0.25, 0.3) is 0 Å². The summed E-state index contributed by atoms with van der Waals surface area (Å²) in [6.45, 7) is 9.77. The lowest BCUT2D eigenvalue weighted by Crippen LogP contribution is -2.42. The van der Waals surface area contributed by atoms with Gasteiger partial charge in [0.1, 0.15) is 0 Å². The summed E-state index contributed by atoms with van der Waals surface area (Å²) in [5, 5.41) is 0. The third-order valence-electron chi connectivity index (χ3n) is 6.55. The molecular formula is C20H32. The number of fused-ring (bicyclic) bond motifs is 2. The van der Waals surface area contributed by atoms with Crippen LogP contribution in [0.2, 0.25) is 0 Å². The molecule has 0 aromatic rings. The van der Waals surface area contributed by atoms with Gasteiger partial charge in [-0.05, 0) is 80.6 Å². The van der Waals surface area contributed by atoms with Crippen LogP contribution in [-0.2, 0) is 0 Å².